The molecule has 1 aliphatic carbocycles. The predicted octanol–water partition coefficient (Wildman–Crippen LogP) is 3.60. The monoisotopic (exact) mass is 489 g/mol. The molecule has 1 saturated heterocycles. The standard InChI is InChI=1S/C24H25ClFN3O3S/c1-13-14(2)22-11-20(13)23(29-22)24(30)28-18(12-27)8-17-7-6-16(10-21(17)26)15-4-3-5-19(9-15)33(25,31)32/h3-7,9-10,13-14,18,20,22-23,29H,8,11H2,1-2H3,(H,28,30)/t13-,14-,18-,20+,22+,23-/m0/s1. The third-order valence-electron chi connectivity index (χ3n) is 7.17. The Balaban J connectivity index is 1.45. The molecule has 33 heavy (non-hydrogen) atoms. The number of carbonyl (C=O) groups excluding carboxylic acids is 1. The Labute approximate surface area is 197 Å². The minimum absolute atomic E-state index is 0.0250. The number of rotatable bonds is 6. The van der Waals surface area contributed by atoms with Gasteiger partial charge in [0.1, 0.15) is 11.9 Å². The Bertz CT molecular complexity index is 1230. The highest BCUT2D eigenvalue weighted by Gasteiger charge is 2.51. The molecule has 4 rings (SSSR count). The smallest absolute Gasteiger partial charge is 0.261 e. The molecule has 2 N–H and O–H groups in total. The average Bonchev–Trinajstić information content (AvgIpc) is 3.34. The van der Waals surface area contributed by atoms with Crippen LogP contribution in [0.3, 0.4) is 0 Å². The van der Waals surface area contributed by atoms with Crippen LogP contribution in [0.5, 0.6) is 0 Å². The Morgan fingerprint density at radius 2 is 1.97 bits per heavy atom. The molecule has 2 aromatic rings. The summed E-state index contributed by atoms with van der Waals surface area (Å²) in [5, 5.41) is 15.7. The molecule has 1 aliphatic heterocycles. The molecular formula is C24H25ClFN3O3S. The van der Waals surface area contributed by atoms with Crippen molar-refractivity contribution >= 4 is 25.6 Å². The summed E-state index contributed by atoms with van der Waals surface area (Å²) in [6.45, 7) is 4.35. The van der Waals surface area contributed by atoms with Crippen LogP contribution >= 0.6 is 10.7 Å². The van der Waals surface area contributed by atoms with E-state index in [1.807, 2.05) is 0 Å². The summed E-state index contributed by atoms with van der Waals surface area (Å²) in [6.07, 6.45) is 0.983. The van der Waals surface area contributed by atoms with Gasteiger partial charge in [0, 0.05) is 23.1 Å². The highest BCUT2D eigenvalue weighted by molar-refractivity contribution is 8.13. The van der Waals surface area contributed by atoms with E-state index in [1.165, 1.54) is 24.3 Å². The average molecular weight is 490 g/mol. The molecule has 1 saturated carbocycles. The predicted molar refractivity (Wildman–Crippen MR) is 123 cm³/mol. The summed E-state index contributed by atoms with van der Waals surface area (Å²) in [4.78, 5) is 12.7. The Hall–Kier alpha value is -2.47. The van der Waals surface area contributed by atoms with Crippen molar-refractivity contribution in [3.63, 3.8) is 0 Å². The highest BCUT2D eigenvalue weighted by Crippen LogP contribution is 2.44. The molecule has 174 valence electrons. The number of amides is 1. The third kappa shape index (κ3) is 4.77. The summed E-state index contributed by atoms with van der Waals surface area (Å²) in [5.41, 5.74) is 1.26. The summed E-state index contributed by atoms with van der Waals surface area (Å²) in [7, 11) is 1.50. The molecule has 0 radical (unpaired) electrons. The topological polar surface area (TPSA) is 99.1 Å². The quantitative estimate of drug-likeness (QED) is 0.604. The van der Waals surface area contributed by atoms with Gasteiger partial charge in [-0.1, -0.05) is 38.1 Å². The second-order valence-corrected chi connectivity index (χ2v) is 11.6. The van der Waals surface area contributed by atoms with Crippen LogP contribution in [0.15, 0.2) is 47.4 Å². The molecule has 6 atom stereocenters. The van der Waals surface area contributed by atoms with Crippen molar-refractivity contribution in [3.05, 3.63) is 53.8 Å². The normalized spacial score (nSPS) is 27.2. The van der Waals surface area contributed by atoms with Gasteiger partial charge in [-0.2, -0.15) is 5.26 Å². The first kappa shape index (κ1) is 23.7. The van der Waals surface area contributed by atoms with Gasteiger partial charge in [-0.15, -0.1) is 0 Å². The molecule has 1 amide bonds. The van der Waals surface area contributed by atoms with Crippen molar-refractivity contribution in [2.24, 2.45) is 17.8 Å². The number of piperidine rings is 1. The maximum Gasteiger partial charge on any atom is 0.261 e. The van der Waals surface area contributed by atoms with Gasteiger partial charge in [0.15, 0.2) is 0 Å². The van der Waals surface area contributed by atoms with Gasteiger partial charge in [0.25, 0.3) is 9.05 Å². The van der Waals surface area contributed by atoms with Crippen LogP contribution in [0.25, 0.3) is 11.1 Å². The van der Waals surface area contributed by atoms with E-state index in [4.69, 9.17) is 10.7 Å². The van der Waals surface area contributed by atoms with Crippen molar-refractivity contribution < 1.29 is 17.6 Å². The first-order valence-corrected chi connectivity index (χ1v) is 13.2. The van der Waals surface area contributed by atoms with E-state index in [2.05, 4.69) is 30.6 Å². The lowest BCUT2D eigenvalue weighted by Gasteiger charge is -2.32. The molecule has 2 bridgehead atoms. The number of halogens is 2. The molecule has 2 fully saturated rings. The Morgan fingerprint density at radius 1 is 1.24 bits per heavy atom. The zero-order valence-electron chi connectivity index (χ0n) is 18.3. The number of nitrogens with zero attached hydrogens (tertiary/aromatic N) is 1. The fourth-order valence-electron chi connectivity index (χ4n) is 5.09. The molecule has 9 heteroatoms. The molecule has 2 aromatic carbocycles. The van der Waals surface area contributed by atoms with Crippen LogP contribution in [-0.2, 0) is 20.3 Å². The molecular weight excluding hydrogens is 465 g/mol. The lowest BCUT2D eigenvalue weighted by atomic mass is 9.84. The number of hydrogen-bond acceptors (Lipinski definition) is 5. The number of carbonyl (C=O) groups is 1. The Kier molecular flexibility index (Phi) is 6.50. The third-order valence-corrected chi connectivity index (χ3v) is 8.52. The van der Waals surface area contributed by atoms with Gasteiger partial charge in [-0.25, -0.2) is 12.8 Å². The van der Waals surface area contributed by atoms with Crippen molar-refractivity contribution in [3.8, 4) is 17.2 Å². The van der Waals surface area contributed by atoms with Crippen LogP contribution < -0.4 is 10.6 Å². The van der Waals surface area contributed by atoms with E-state index in [0.717, 1.165) is 6.42 Å². The van der Waals surface area contributed by atoms with Gasteiger partial charge in [-0.05, 0) is 59.1 Å². The fraction of sp³-hybridized carbons (Fsp3) is 0.417. The van der Waals surface area contributed by atoms with Crippen molar-refractivity contribution in [1.29, 1.82) is 5.26 Å². The van der Waals surface area contributed by atoms with Gasteiger partial charge in [-0.3, -0.25) is 4.79 Å². The number of benzene rings is 2. The van der Waals surface area contributed by atoms with E-state index >= 15 is 0 Å². The van der Waals surface area contributed by atoms with Crippen LogP contribution in [-0.4, -0.2) is 32.5 Å². The molecule has 0 aromatic heterocycles. The van der Waals surface area contributed by atoms with Crippen molar-refractivity contribution in [2.45, 2.75) is 49.7 Å². The summed E-state index contributed by atoms with van der Waals surface area (Å²) in [5.74, 6) is 0.437. The zero-order valence-corrected chi connectivity index (χ0v) is 19.8. The largest absolute Gasteiger partial charge is 0.339 e. The van der Waals surface area contributed by atoms with Crippen LogP contribution in [0, 0.1) is 34.9 Å². The molecule has 0 spiro atoms. The van der Waals surface area contributed by atoms with E-state index in [0.29, 0.717) is 29.0 Å². The van der Waals surface area contributed by atoms with Gasteiger partial charge < -0.3 is 10.6 Å². The van der Waals surface area contributed by atoms with Crippen LogP contribution in [0.1, 0.15) is 25.8 Å². The lowest BCUT2D eigenvalue weighted by Crippen LogP contribution is -2.54. The highest BCUT2D eigenvalue weighted by atomic mass is 35.7. The number of hydrogen-bond donors (Lipinski definition) is 2. The maximum absolute atomic E-state index is 14.8. The SMILES string of the molecule is C[C@H]1[C@H](C)[C@H]2C[C@H]1[C@@H](C(=O)N[C@H](C#N)Cc1ccc(-c3cccc(S(=O)(=O)Cl)c3)cc1F)N2. The van der Waals surface area contributed by atoms with E-state index in [-0.39, 0.29) is 34.7 Å². The molecule has 1 heterocycles. The number of nitrogens with one attached hydrogen (secondary N) is 2. The summed E-state index contributed by atoms with van der Waals surface area (Å²) < 4.78 is 38.0. The Morgan fingerprint density at radius 3 is 2.58 bits per heavy atom. The van der Waals surface area contributed by atoms with Crippen molar-refractivity contribution in [1.82, 2.24) is 10.6 Å². The number of nitriles is 1. The van der Waals surface area contributed by atoms with Crippen molar-refractivity contribution in [2.75, 3.05) is 0 Å². The lowest BCUT2D eigenvalue weighted by molar-refractivity contribution is -0.125. The van der Waals surface area contributed by atoms with Gasteiger partial charge in [0.2, 0.25) is 5.91 Å². The first-order valence-electron chi connectivity index (χ1n) is 10.9. The second-order valence-electron chi connectivity index (χ2n) is 9.03. The van der Waals surface area contributed by atoms with Gasteiger partial charge >= 0.3 is 0 Å². The minimum Gasteiger partial charge on any atom is -0.339 e. The minimum atomic E-state index is -3.90. The zero-order chi connectivity index (χ0) is 23.9. The van der Waals surface area contributed by atoms with E-state index < -0.39 is 20.9 Å². The van der Waals surface area contributed by atoms with E-state index in [1.54, 1.807) is 18.2 Å². The van der Waals surface area contributed by atoms with Crippen LogP contribution in [0.4, 0.5) is 4.39 Å². The summed E-state index contributed by atoms with van der Waals surface area (Å²) >= 11 is 0. The first-order chi connectivity index (χ1) is 15.6. The van der Waals surface area contributed by atoms with Gasteiger partial charge in [0.05, 0.1) is 17.0 Å². The molecule has 0 unspecified atom stereocenters. The summed E-state index contributed by atoms with van der Waals surface area (Å²) in [6, 6.07) is 11.6. The second kappa shape index (κ2) is 9.05. The molecule has 6 nitrogen and oxygen atoms in total. The maximum atomic E-state index is 14.8. The number of fused-ring (bicyclic) bond motifs is 2. The van der Waals surface area contributed by atoms with Crippen LogP contribution in [0.2, 0.25) is 0 Å². The molecule has 2 aliphatic rings. The van der Waals surface area contributed by atoms with E-state index in [9.17, 15) is 22.9 Å². The fourth-order valence-corrected chi connectivity index (χ4v) is 5.89.